The highest BCUT2D eigenvalue weighted by molar-refractivity contribution is 9.26. The molecule has 0 saturated carbocycles. The van der Waals surface area contributed by atoms with Crippen LogP contribution in [0.2, 0.25) is 0 Å². The molecule has 0 aromatic heterocycles. The van der Waals surface area contributed by atoms with Gasteiger partial charge in [-0.3, -0.25) is 9.52 Å². The summed E-state index contributed by atoms with van der Waals surface area (Å²) in [4.78, 5) is 12.6. The summed E-state index contributed by atoms with van der Waals surface area (Å²) in [5.74, 6) is 0.751. The van der Waals surface area contributed by atoms with Gasteiger partial charge in [0.2, 0.25) is 10.0 Å². The molecule has 2 aromatic rings. The van der Waals surface area contributed by atoms with Crippen molar-refractivity contribution in [2.24, 2.45) is 0 Å². The van der Waals surface area contributed by atoms with E-state index in [0.717, 1.165) is 6.26 Å². The van der Waals surface area contributed by atoms with Crippen molar-refractivity contribution >= 4 is 53.4 Å². The second-order valence-electron chi connectivity index (χ2n) is 5.46. The minimum atomic E-state index is -3.54. The average molecular weight is 491 g/mol. The zero-order chi connectivity index (χ0) is 18.2. The molecule has 6 nitrogen and oxygen atoms in total. The molecule has 0 spiro atoms. The lowest BCUT2D eigenvalue weighted by atomic mass is 10.0. The van der Waals surface area contributed by atoms with Crippen molar-refractivity contribution in [3.05, 3.63) is 48.0 Å². The summed E-state index contributed by atoms with van der Waals surface area (Å²) >= 11 is 6.55. The molecule has 1 N–H and O–H groups in total. The van der Waals surface area contributed by atoms with Gasteiger partial charge in [-0.1, -0.05) is 50.1 Å². The van der Waals surface area contributed by atoms with Gasteiger partial charge in [-0.15, -0.1) is 0 Å². The smallest absolute Gasteiger partial charge is 0.229 e. The Morgan fingerprint density at radius 3 is 2.52 bits per heavy atom. The number of halogens is 2. The van der Waals surface area contributed by atoms with Crippen molar-refractivity contribution in [3.8, 4) is 17.2 Å². The van der Waals surface area contributed by atoms with Gasteiger partial charge in [-0.05, 0) is 18.2 Å². The van der Waals surface area contributed by atoms with Crippen molar-refractivity contribution in [2.75, 3.05) is 17.6 Å². The lowest BCUT2D eigenvalue weighted by Gasteiger charge is -2.28. The zero-order valence-corrected chi connectivity index (χ0v) is 16.9. The van der Waals surface area contributed by atoms with Crippen molar-refractivity contribution in [1.29, 1.82) is 0 Å². The van der Waals surface area contributed by atoms with Crippen LogP contribution in [0.15, 0.2) is 42.5 Å². The van der Waals surface area contributed by atoms with E-state index in [1.807, 2.05) is 6.07 Å². The van der Waals surface area contributed by atoms with Crippen LogP contribution in [0.4, 0.5) is 5.69 Å². The number of ether oxygens (including phenoxy) is 2. The first-order valence-corrected chi connectivity index (χ1v) is 10.6. The molecule has 0 saturated heterocycles. The van der Waals surface area contributed by atoms with Gasteiger partial charge in [-0.2, -0.15) is 0 Å². The number of hydrogen-bond acceptors (Lipinski definition) is 5. The minimum Gasteiger partial charge on any atom is -0.490 e. The van der Waals surface area contributed by atoms with Crippen LogP contribution in [0.25, 0.3) is 0 Å². The largest absolute Gasteiger partial charge is 0.490 e. The van der Waals surface area contributed by atoms with Crippen molar-refractivity contribution < 1.29 is 22.7 Å². The summed E-state index contributed by atoms with van der Waals surface area (Å²) in [5, 5.41) is 0. The normalized spacial score (nSPS) is 15.9. The fraction of sp³-hybridized carbons (Fsp3) is 0.188. The summed E-state index contributed by atoms with van der Waals surface area (Å²) in [6.45, 7) is 0.0655. The van der Waals surface area contributed by atoms with Gasteiger partial charge in [0.15, 0.2) is 14.8 Å². The fourth-order valence-corrected chi connectivity index (χ4v) is 3.48. The molecule has 1 aliphatic heterocycles. The Kier molecular flexibility index (Phi) is 4.82. The molecule has 0 fully saturated rings. The number of hydrogen-bond donors (Lipinski definition) is 1. The molecular formula is C16H13Br2NO5S. The molecule has 0 aliphatic carbocycles. The maximum atomic E-state index is 12.6. The predicted octanol–water partition coefficient (Wildman–Crippen LogP) is 3.91. The van der Waals surface area contributed by atoms with Gasteiger partial charge >= 0.3 is 0 Å². The number of alkyl halides is 2. The quantitative estimate of drug-likeness (QED) is 0.657. The van der Waals surface area contributed by atoms with Crippen molar-refractivity contribution in [2.45, 2.75) is 3.23 Å². The van der Waals surface area contributed by atoms with Crippen LogP contribution >= 0.6 is 31.9 Å². The molecule has 0 radical (unpaired) electrons. The Morgan fingerprint density at radius 2 is 1.88 bits per heavy atom. The highest BCUT2D eigenvalue weighted by Gasteiger charge is 2.40. The summed E-state index contributed by atoms with van der Waals surface area (Å²) in [7, 11) is -3.54. The number of carbonyl (C=O) groups is 1. The van der Waals surface area contributed by atoms with Crippen LogP contribution in [0.3, 0.4) is 0 Å². The minimum absolute atomic E-state index is 0.0655. The third-order valence-corrected chi connectivity index (χ3v) is 5.10. The molecule has 0 unspecified atom stereocenters. The topological polar surface area (TPSA) is 81.7 Å². The molecule has 1 heterocycles. The van der Waals surface area contributed by atoms with Gasteiger partial charge in [-0.25, -0.2) is 8.42 Å². The Hall–Kier alpha value is -1.58. The van der Waals surface area contributed by atoms with Crippen LogP contribution in [-0.4, -0.2) is 30.3 Å². The van der Waals surface area contributed by atoms with E-state index in [1.165, 1.54) is 12.1 Å². The number of anilines is 1. The Bertz CT molecular complexity index is 929. The molecule has 25 heavy (non-hydrogen) atoms. The van der Waals surface area contributed by atoms with E-state index in [4.69, 9.17) is 9.47 Å². The van der Waals surface area contributed by atoms with Crippen LogP contribution < -0.4 is 14.2 Å². The molecular weight excluding hydrogens is 478 g/mol. The molecule has 0 atom stereocenters. The second-order valence-corrected chi connectivity index (χ2v) is 11.0. The summed E-state index contributed by atoms with van der Waals surface area (Å²) < 4.78 is 36.0. The first-order chi connectivity index (χ1) is 11.7. The standard InChI is InChI=1S/C16H13Br2NO5S/c1-25(21,22)19-12-8-13-11(15(20)16(17,18)9-23-13)7-14(12)24-10-5-3-2-4-6-10/h2-8,19H,9H2,1H3. The molecule has 9 heteroatoms. The van der Waals surface area contributed by atoms with E-state index in [1.54, 1.807) is 24.3 Å². The third-order valence-electron chi connectivity index (χ3n) is 3.33. The molecule has 1 aliphatic rings. The third kappa shape index (κ3) is 4.16. The van der Waals surface area contributed by atoms with E-state index >= 15 is 0 Å². The van der Waals surface area contributed by atoms with Gasteiger partial charge < -0.3 is 9.47 Å². The zero-order valence-electron chi connectivity index (χ0n) is 13.0. The number of rotatable bonds is 4. The van der Waals surface area contributed by atoms with Crippen LogP contribution in [-0.2, 0) is 10.0 Å². The molecule has 132 valence electrons. The number of nitrogens with one attached hydrogen (secondary N) is 1. The lowest BCUT2D eigenvalue weighted by molar-refractivity contribution is 0.0933. The van der Waals surface area contributed by atoms with E-state index in [0.29, 0.717) is 5.75 Å². The highest BCUT2D eigenvalue weighted by Crippen LogP contribution is 2.43. The predicted molar refractivity (Wildman–Crippen MR) is 102 cm³/mol. The fourth-order valence-electron chi connectivity index (χ4n) is 2.27. The SMILES string of the molecule is CS(=O)(=O)Nc1cc2c(cc1Oc1ccccc1)C(=O)C(Br)(Br)CO2. The molecule has 0 amide bonds. The maximum Gasteiger partial charge on any atom is 0.229 e. The number of Topliss-reactive ketones (excluding diaryl/α,β-unsaturated/α-hetero) is 1. The lowest BCUT2D eigenvalue weighted by Crippen LogP contribution is -2.36. The number of benzene rings is 2. The average Bonchev–Trinajstić information content (AvgIpc) is 2.52. The molecule has 0 bridgehead atoms. The van der Waals surface area contributed by atoms with E-state index in [9.17, 15) is 13.2 Å². The molecule has 2 aromatic carbocycles. The monoisotopic (exact) mass is 489 g/mol. The Morgan fingerprint density at radius 1 is 1.20 bits per heavy atom. The van der Waals surface area contributed by atoms with Crippen molar-refractivity contribution in [1.82, 2.24) is 0 Å². The van der Waals surface area contributed by atoms with Crippen LogP contribution in [0, 0.1) is 0 Å². The Balaban J connectivity index is 2.10. The van der Waals surface area contributed by atoms with Gasteiger partial charge in [0.1, 0.15) is 18.1 Å². The van der Waals surface area contributed by atoms with E-state index < -0.39 is 13.3 Å². The van der Waals surface area contributed by atoms with E-state index in [-0.39, 0.29) is 35.1 Å². The second kappa shape index (κ2) is 6.62. The Labute approximate surface area is 161 Å². The summed E-state index contributed by atoms with van der Waals surface area (Å²) in [6.07, 6.45) is 1.03. The summed E-state index contributed by atoms with van der Waals surface area (Å²) in [5.41, 5.74) is 0.472. The first-order valence-electron chi connectivity index (χ1n) is 7.10. The maximum absolute atomic E-state index is 12.6. The van der Waals surface area contributed by atoms with Gasteiger partial charge in [0.05, 0.1) is 17.5 Å². The summed E-state index contributed by atoms with van der Waals surface area (Å²) in [6, 6.07) is 11.8. The van der Waals surface area contributed by atoms with Crippen LogP contribution in [0.1, 0.15) is 10.4 Å². The van der Waals surface area contributed by atoms with Gasteiger partial charge in [0.25, 0.3) is 0 Å². The van der Waals surface area contributed by atoms with E-state index in [2.05, 4.69) is 36.6 Å². The highest BCUT2D eigenvalue weighted by atomic mass is 79.9. The molecule has 3 rings (SSSR count). The number of ketones is 1. The van der Waals surface area contributed by atoms with Crippen LogP contribution in [0.5, 0.6) is 17.2 Å². The number of para-hydroxylation sites is 1. The number of sulfonamides is 1. The van der Waals surface area contributed by atoms with Gasteiger partial charge in [0, 0.05) is 6.07 Å². The number of carbonyl (C=O) groups excluding carboxylic acids is 1. The number of fused-ring (bicyclic) bond motifs is 1. The van der Waals surface area contributed by atoms with Crippen molar-refractivity contribution in [3.63, 3.8) is 0 Å². The first kappa shape index (κ1) is 18.2.